The Balaban J connectivity index is 1.59. The van der Waals surface area contributed by atoms with Crippen LogP contribution in [0.5, 0.6) is 23.1 Å². The molecule has 0 aliphatic carbocycles. The van der Waals surface area contributed by atoms with E-state index in [2.05, 4.69) is 10.3 Å². The summed E-state index contributed by atoms with van der Waals surface area (Å²) in [5.74, 6) is 1.49. The molecule has 0 saturated heterocycles. The molecule has 3 aromatic carbocycles. The zero-order valence-corrected chi connectivity index (χ0v) is 18.4. The van der Waals surface area contributed by atoms with E-state index in [4.69, 9.17) is 14.2 Å². The Morgan fingerprint density at radius 1 is 0.912 bits per heavy atom. The molecule has 2 heterocycles. The van der Waals surface area contributed by atoms with Crippen LogP contribution in [0.25, 0.3) is 21.8 Å². The predicted octanol–water partition coefficient (Wildman–Crippen LogP) is 6.22. The van der Waals surface area contributed by atoms with E-state index in [0.717, 1.165) is 5.39 Å². The van der Waals surface area contributed by atoms with E-state index in [1.807, 2.05) is 24.3 Å². The fraction of sp³-hybridized carbons (Fsp3) is 0.0769. The molecule has 170 valence electrons. The standard InChI is InChI=1S/C26H20FN3O4/c1-32-23-14-19-20(15-24(23)33-2)28-12-11-22(19)34-25-13-16-5-3-4-6-21(16)30(25)26(31)29-18-9-7-17(27)8-10-18/h3-15H,1-2H3,(H,29,31). The molecular weight excluding hydrogens is 437 g/mol. The van der Waals surface area contributed by atoms with Crippen molar-refractivity contribution in [3.8, 4) is 23.1 Å². The molecule has 7 nitrogen and oxygen atoms in total. The number of methoxy groups -OCH3 is 2. The molecule has 0 fully saturated rings. The van der Waals surface area contributed by atoms with E-state index in [9.17, 15) is 9.18 Å². The van der Waals surface area contributed by atoms with Crippen molar-refractivity contribution >= 4 is 33.5 Å². The predicted molar refractivity (Wildman–Crippen MR) is 128 cm³/mol. The number of carbonyl (C=O) groups is 1. The molecule has 1 N–H and O–H groups in total. The summed E-state index contributed by atoms with van der Waals surface area (Å²) in [4.78, 5) is 17.7. The van der Waals surface area contributed by atoms with Gasteiger partial charge in [-0.25, -0.2) is 13.8 Å². The van der Waals surface area contributed by atoms with Gasteiger partial charge in [0.25, 0.3) is 0 Å². The van der Waals surface area contributed by atoms with Crippen molar-refractivity contribution < 1.29 is 23.4 Å². The van der Waals surface area contributed by atoms with Crippen molar-refractivity contribution in [3.63, 3.8) is 0 Å². The number of amides is 1. The molecule has 0 saturated carbocycles. The van der Waals surface area contributed by atoms with Crippen LogP contribution in [0.3, 0.4) is 0 Å². The third-order valence-electron chi connectivity index (χ3n) is 5.40. The quantitative estimate of drug-likeness (QED) is 0.339. The Bertz CT molecular complexity index is 1510. The molecule has 0 aliphatic rings. The Morgan fingerprint density at radius 3 is 2.41 bits per heavy atom. The van der Waals surface area contributed by atoms with E-state index >= 15 is 0 Å². The molecular formula is C26H20FN3O4. The van der Waals surface area contributed by atoms with Crippen LogP contribution >= 0.6 is 0 Å². The molecule has 5 rings (SSSR count). The summed E-state index contributed by atoms with van der Waals surface area (Å²) < 4.78 is 31.8. The fourth-order valence-corrected chi connectivity index (χ4v) is 3.78. The molecule has 0 unspecified atom stereocenters. The van der Waals surface area contributed by atoms with Crippen LogP contribution in [-0.2, 0) is 0 Å². The number of para-hydroxylation sites is 1. The van der Waals surface area contributed by atoms with E-state index in [1.54, 1.807) is 44.7 Å². The number of hydrogen-bond acceptors (Lipinski definition) is 5. The molecule has 0 spiro atoms. The number of ether oxygens (including phenoxy) is 3. The van der Waals surface area contributed by atoms with Crippen LogP contribution in [0.2, 0.25) is 0 Å². The van der Waals surface area contributed by atoms with Gasteiger partial charge in [-0.05, 0) is 42.5 Å². The summed E-state index contributed by atoms with van der Waals surface area (Å²) >= 11 is 0. The topological polar surface area (TPSA) is 74.6 Å². The summed E-state index contributed by atoms with van der Waals surface area (Å²) in [6.07, 6.45) is 1.62. The second-order valence-electron chi connectivity index (χ2n) is 7.45. The highest BCUT2D eigenvalue weighted by molar-refractivity contribution is 6.00. The highest BCUT2D eigenvalue weighted by atomic mass is 19.1. The van der Waals surface area contributed by atoms with Gasteiger partial charge in [-0.1, -0.05) is 18.2 Å². The first kappa shape index (κ1) is 21.3. The van der Waals surface area contributed by atoms with Crippen molar-refractivity contribution in [2.24, 2.45) is 0 Å². The summed E-state index contributed by atoms with van der Waals surface area (Å²) in [6.45, 7) is 0. The van der Waals surface area contributed by atoms with Gasteiger partial charge in [0.2, 0.25) is 5.88 Å². The van der Waals surface area contributed by atoms with Gasteiger partial charge < -0.3 is 19.5 Å². The molecule has 2 aromatic heterocycles. The molecule has 8 heteroatoms. The summed E-state index contributed by atoms with van der Waals surface area (Å²) in [5.41, 5.74) is 1.77. The number of halogens is 1. The van der Waals surface area contributed by atoms with Gasteiger partial charge in [-0.15, -0.1) is 0 Å². The minimum absolute atomic E-state index is 0.308. The monoisotopic (exact) mass is 457 g/mol. The Morgan fingerprint density at radius 2 is 1.65 bits per heavy atom. The third-order valence-corrected chi connectivity index (χ3v) is 5.40. The van der Waals surface area contributed by atoms with Crippen LogP contribution in [0.15, 0.2) is 79.0 Å². The number of benzene rings is 3. The molecule has 5 aromatic rings. The van der Waals surface area contributed by atoms with Crippen molar-refractivity contribution in [1.29, 1.82) is 0 Å². The van der Waals surface area contributed by atoms with E-state index in [1.165, 1.54) is 28.8 Å². The maximum atomic E-state index is 13.3. The van der Waals surface area contributed by atoms with E-state index in [-0.39, 0.29) is 5.82 Å². The molecule has 0 atom stereocenters. The molecule has 0 bridgehead atoms. The van der Waals surface area contributed by atoms with Crippen LogP contribution in [-0.4, -0.2) is 29.8 Å². The average molecular weight is 457 g/mol. The van der Waals surface area contributed by atoms with Crippen LogP contribution in [0.1, 0.15) is 0 Å². The average Bonchev–Trinajstić information content (AvgIpc) is 3.22. The fourth-order valence-electron chi connectivity index (χ4n) is 3.78. The maximum Gasteiger partial charge on any atom is 0.333 e. The summed E-state index contributed by atoms with van der Waals surface area (Å²) in [7, 11) is 3.11. The van der Waals surface area contributed by atoms with Gasteiger partial charge in [0, 0.05) is 34.8 Å². The lowest BCUT2D eigenvalue weighted by molar-refractivity contribution is 0.252. The normalized spacial score (nSPS) is 10.9. The highest BCUT2D eigenvalue weighted by Gasteiger charge is 2.19. The van der Waals surface area contributed by atoms with Crippen molar-refractivity contribution in [2.45, 2.75) is 0 Å². The van der Waals surface area contributed by atoms with Gasteiger partial charge >= 0.3 is 6.03 Å². The minimum Gasteiger partial charge on any atom is -0.493 e. The number of carbonyl (C=O) groups excluding carboxylic acids is 1. The zero-order valence-electron chi connectivity index (χ0n) is 18.4. The lowest BCUT2D eigenvalue weighted by Crippen LogP contribution is -2.19. The summed E-state index contributed by atoms with van der Waals surface area (Å²) in [5, 5.41) is 4.30. The number of aromatic nitrogens is 2. The van der Waals surface area contributed by atoms with Crippen LogP contribution in [0.4, 0.5) is 14.9 Å². The van der Waals surface area contributed by atoms with Gasteiger partial charge in [0.05, 0.1) is 25.3 Å². The number of nitrogens with zero attached hydrogens (tertiary/aromatic N) is 2. The minimum atomic E-state index is -0.444. The number of pyridine rings is 1. The van der Waals surface area contributed by atoms with Gasteiger partial charge in [-0.3, -0.25) is 4.98 Å². The number of fused-ring (bicyclic) bond motifs is 2. The molecule has 1 amide bonds. The van der Waals surface area contributed by atoms with Gasteiger partial charge in [0.1, 0.15) is 11.6 Å². The number of anilines is 1. The van der Waals surface area contributed by atoms with Crippen LogP contribution < -0.4 is 19.5 Å². The zero-order chi connectivity index (χ0) is 23.7. The van der Waals surface area contributed by atoms with E-state index < -0.39 is 6.03 Å². The van der Waals surface area contributed by atoms with Crippen molar-refractivity contribution in [3.05, 3.63) is 84.8 Å². The van der Waals surface area contributed by atoms with Gasteiger partial charge in [-0.2, -0.15) is 0 Å². The van der Waals surface area contributed by atoms with Crippen molar-refractivity contribution in [2.75, 3.05) is 19.5 Å². The highest BCUT2D eigenvalue weighted by Crippen LogP contribution is 2.38. The lowest BCUT2D eigenvalue weighted by atomic mass is 10.2. The van der Waals surface area contributed by atoms with Crippen LogP contribution in [0, 0.1) is 5.82 Å². The maximum absolute atomic E-state index is 13.3. The summed E-state index contributed by atoms with van der Waals surface area (Å²) in [6, 6.07) is 19.6. The number of rotatable bonds is 5. The number of nitrogens with one attached hydrogen (secondary N) is 1. The largest absolute Gasteiger partial charge is 0.493 e. The Hall–Kier alpha value is -4.59. The third kappa shape index (κ3) is 3.86. The van der Waals surface area contributed by atoms with Gasteiger partial charge in [0.15, 0.2) is 11.5 Å². The SMILES string of the molecule is COc1cc2nccc(Oc3cc4ccccc4n3C(=O)Nc3ccc(F)cc3)c2cc1OC. The Labute approximate surface area is 194 Å². The molecule has 34 heavy (non-hydrogen) atoms. The van der Waals surface area contributed by atoms with Crippen molar-refractivity contribution in [1.82, 2.24) is 9.55 Å². The first-order valence-electron chi connectivity index (χ1n) is 10.4. The second-order valence-corrected chi connectivity index (χ2v) is 7.45. The first-order chi connectivity index (χ1) is 16.6. The molecule has 0 aliphatic heterocycles. The lowest BCUT2D eigenvalue weighted by Gasteiger charge is -2.14. The van der Waals surface area contributed by atoms with E-state index in [0.29, 0.717) is 45.2 Å². The molecule has 0 radical (unpaired) electrons. The smallest absolute Gasteiger partial charge is 0.333 e. The second kappa shape index (κ2) is 8.74. The Kier molecular flexibility index (Phi) is 5.47. The number of hydrogen-bond donors (Lipinski definition) is 1. The first-order valence-corrected chi connectivity index (χ1v) is 10.4.